The molecule has 1 amide bonds. The van der Waals surface area contributed by atoms with E-state index in [1.165, 1.54) is 28.6 Å². The maximum atomic E-state index is 13.6. The van der Waals surface area contributed by atoms with Crippen LogP contribution in [0.5, 0.6) is 0 Å². The van der Waals surface area contributed by atoms with Gasteiger partial charge in [-0.2, -0.15) is 4.31 Å². The van der Waals surface area contributed by atoms with E-state index in [1.54, 1.807) is 55.5 Å². The molecule has 0 unspecified atom stereocenters. The van der Waals surface area contributed by atoms with Gasteiger partial charge < -0.3 is 15.5 Å². The van der Waals surface area contributed by atoms with Gasteiger partial charge in [-0.25, -0.2) is 8.42 Å². The van der Waals surface area contributed by atoms with Crippen molar-refractivity contribution >= 4 is 27.5 Å². The summed E-state index contributed by atoms with van der Waals surface area (Å²) in [7, 11) is -4.01. The molecule has 9 heteroatoms. The maximum absolute atomic E-state index is 13.6. The molecule has 0 bridgehead atoms. The number of hydrogen-bond donors (Lipinski definition) is 3. The zero-order valence-corrected chi connectivity index (χ0v) is 20.2. The standard InChI is InChI=1S/C25H27ClN2O5S/c1-18(16-29)27-25(31)21-9-7-19(8-10-21)15-28(24(17-30)20-5-3-2-4-6-20)34(32,33)23-13-11-22(26)12-14-23/h2-14,18,24,29-30H,15-17H2,1H3,(H,27,31)/t18-,24-/m0/s1. The first-order chi connectivity index (χ1) is 16.3. The van der Waals surface area contributed by atoms with Gasteiger partial charge in [0.1, 0.15) is 0 Å². The van der Waals surface area contributed by atoms with E-state index in [-0.39, 0.29) is 30.0 Å². The topological polar surface area (TPSA) is 107 Å². The predicted octanol–water partition coefficient (Wildman–Crippen LogP) is 3.38. The van der Waals surface area contributed by atoms with Crippen molar-refractivity contribution in [1.29, 1.82) is 0 Å². The number of rotatable bonds is 10. The van der Waals surface area contributed by atoms with Crippen molar-refractivity contribution in [2.75, 3.05) is 13.2 Å². The van der Waals surface area contributed by atoms with Crippen molar-refractivity contribution in [2.24, 2.45) is 0 Å². The number of hydrogen-bond acceptors (Lipinski definition) is 5. The summed E-state index contributed by atoms with van der Waals surface area (Å²) in [6.07, 6.45) is 0. The second kappa shape index (κ2) is 11.6. The first-order valence-electron chi connectivity index (χ1n) is 10.7. The third kappa shape index (κ3) is 6.22. The predicted molar refractivity (Wildman–Crippen MR) is 131 cm³/mol. The molecule has 0 aliphatic carbocycles. The molecule has 3 rings (SSSR count). The average molecular weight is 503 g/mol. The van der Waals surface area contributed by atoms with Crippen LogP contribution in [-0.2, 0) is 16.6 Å². The number of carbonyl (C=O) groups excluding carboxylic acids is 1. The highest BCUT2D eigenvalue weighted by atomic mass is 35.5. The third-order valence-electron chi connectivity index (χ3n) is 5.33. The zero-order chi connectivity index (χ0) is 24.7. The molecule has 0 fully saturated rings. The summed E-state index contributed by atoms with van der Waals surface area (Å²) < 4.78 is 28.5. The second-order valence-electron chi connectivity index (χ2n) is 7.87. The number of nitrogens with zero attached hydrogens (tertiary/aromatic N) is 1. The molecule has 0 radical (unpaired) electrons. The number of carbonyl (C=O) groups is 1. The quantitative estimate of drug-likeness (QED) is 0.394. The number of sulfonamides is 1. The van der Waals surface area contributed by atoms with Crippen LogP contribution in [0.1, 0.15) is 34.5 Å². The Bertz CT molecular complexity index is 1190. The molecule has 34 heavy (non-hydrogen) atoms. The Balaban J connectivity index is 1.96. The van der Waals surface area contributed by atoms with Crippen LogP contribution in [0.25, 0.3) is 0 Å². The van der Waals surface area contributed by atoms with Crippen LogP contribution in [0.3, 0.4) is 0 Å². The number of aliphatic hydroxyl groups excluding tert-OH is 2. The van der Waals surface area contributed by atoms with Crippen LogP contribution < -0.4 is 5.32 Å². The summed E-state index contributed by atoms with van der Waals surface area (Å²) >= 11 is 5.94. The first kappa shape index (κ1) is 25.9. The van der Waals surface area contributed by atoms with E-state index >= 15 is 0 Å². The normalized spacial score (nSPS) is 13.4. The fourth-order valence-electron chi connectivity index (χ4n) is 3.44. The number of amides is 1. The molecule has 180 valence electrons. The SMILES string of the molecule is C[C@@H](CO)NC(=O)c1ccc(CN([C@@H](CO)c2ccccc2)S(=O)(=O)c2ccc(Cl)cc2)cc1. The van der Waals surface area contributed by atoms with Crippen molar-refractivity contribution in [1.82, 2.24) is 9.62 Å². The largest absolute Gasteiger partial charge is 0.394 e. The minimum absolute atomic E-state index is 0.0278. The highest BCUT2D eigenvalue weighted by molar-refractivity contribution is 7.89. The van der Waals surface area contributed by atoms with E-state index in [4.69, 9.17) is 16.7 Å². The van der Waals surface area contributed by atoms with Gasteiger partial charge in [0, 0.05) is 23.2 Å². The van der Waals surface area contributed by atoms with Gasteiger partial charge in [-0.3, -0.25) is 4.79 Å². The Morgan fingerprint density at radius 1 is 0.941 bits per heavy atom. The summed E-state index contributed by atoms with van der Waals surface area (Å²) in [5, 5.41) is 22.4. The molecule has 0 saturated heterocycles. The van der Waals surface area contributed by atoms with Crippen molar-refractivity contribution in [3.63, 3.8) is 0 Å². The molecule has 0 aliphatic rings. The second-order valence-corrected chi connectivity index (χ2v) is 10.2. The van der Waals surface area contributed by atoms with Gasteiger partial charge in [-0.05, 0) is 54.4 Å². The molecule has 3 aromatic carbocycles. The Hall–Kier alpha value is -2.75. The van der Waals surface area contributed by atoms with Gasteiger partial charge >= 0.3 is 0 Å². The smallest absolute Gasteiger partial charge is 0.251 e. The summed E-state index contributed by atoms with van der Waals surface area (Å²) in [6, 6.07) is 20.1. The van der Waals surface area contributed by atoms with Crippen molar-refractivity contribution in [3.8, 4) is 0 Å². The number of halogens is 1. The van der Waals surface area contributed by atoms with Crippen LogP contribution in [0.2, 0.25) is 5.02 Å². The summed E-state index contributed by atoms with van der Waals surface area (Å²) in [5.74, 6) is -0.337. The molecule has 3 N–H and O–H groups in total. The monoisotopic (exact) mass is 502 g/mol. The molecule has 7 nitrogen and oxygen atoms in total. The van der Waals surface area contributed by atoms with E-state index < -0.39 is 22.7 Å². The van der Waals surface area contributed by atoms with E-state index in [2.05, 4.69) is 5.32 Å². The molecule has 2 atom stereocenters. The number of benzene rings is 3. The third-order valence-corrected chi connectivity index (χ3v) is 7.45. The van der Waals surface area contributed by atoms with E-state index in [0.717, 1.165) is 0 Å². The molecular formula is C25H27ClN2O5S. The van der Waals surface area contributed by atoms with Gasteiger partial charge in [0.25, 0.3) is 5.91 Å². The van der Waals surface area contributed by atoms with E-state index in [9.17, 15) is 18.3 Å². The lowest BCUT2D eigenvalue weighted by atomic mass is 10.1. The number of nitrogens with one attached hydrogen (secondary N) is 1. The first-order valence-corrected chi connectivity index (χ1v) is 12.5. The lowest BCUT2D eigenvalue weighted by molar-refractivity contribution is 0.0922. The summed E-state index contributed by atoms with van der Waals surface area (Å²) in [5.41, 5.74) is 1.67. The van der Waals surface area contributed by atoms with Crippen LogP contribution in [0.4, 0.5) is 0 Å². The molecule has 0 spiro atoms. The van der Waals surface area contributed by atoms with Crippen molar-refractivity contribution in [2.45, 2.75) is 30.4 Å². The minimum Gasteiger partial charge on any atom is -0.394 e. The maximum Gasteiger partial charge on any atom is 0.251 e. The molecule has 0 aromatic heterocycles. The van der Waals surface area contributed by atoms with Crippen LogP contribution in [-0.4, -0.2) is 48.1 Å². The Morgan fingerprint density at radius 2 is 1.56 bits per heavy atom. The van der Waals surface area contributed by atoms with Crippen LogP contribution >= 0.6 is 11.6 Å². The van der Waals surface area contributed by atoms with Gasteiger partial charge in [0.15, 0.2) is 0 Å². The minimum atomic E-state index is -4.01. The summed E-state index contributed by atoms with van der Waals surface area (Å²) in [4.78, 5) is 12.3. The fourth-order valence-corrected chi connectivity index (χ4v) is 5.16. The van der Waals surface area contributed by atoms with Crippen LogP contribution in [0, 0.1) is 0 Å². The zero-order valence-electron chi connectivity index (χ0n) is 18.6. The van der Waals surface area contributed by atoms with E-state index in [1.807, 2.05) is 6.07 Å². The Kier molecular flexibility index (Phi) is 8.82. The molecule has 3 aromatic rings. The summed E-state index contributed by atoms with van der Waals surface area (Å²) in [6.45, 7) is 1.06. The Morgan fingerprint density at radius 3 is 2.12 bits per heavy atom. The molecule has 0 aliphatic heterocycles. The number of aliphatic hydroxyl groups is 2. The van der Waals surface area contributed by atoms with Crippen molar-refractivity contribution in [3.05, 3.63) is 101 Å². The molecular weight excluding hydrogens is 476 g/mol. The fraction of sp³-hybridized carbons (Fsp3) is 0.240. The van der Waals surface area contributed by atoms with Gasteiger partial charge in [0.2, 0.25) is 10.0 Å². The van der Waals surface area contributed by atoms with Gasteiger partial charge in [-0.15, -0.1) is 0 Å². The van der Waals surface area contributed by atoms with Gasteiger partial charge in [-0.1, -0.05) is 54.1 Å². The molecule has 0 saturated carbocycles. The highest BCUT2D eigenvalue weighted by Crippen LogP contribution is 2.30. The average Bonchev–Trinajstić information content (AvgIpc) is 2.85. The van der Waals surface area contributed by atoms with Crippen LogP contribution in [0.15, 0.2) is 83.8 Å². The van der Waals surface area contributed by atoms with Crippen molar-refractivity contribution < 1.29 is 23.4 Å². The lowest BCUT2D eigenvalue weighted by Crippen LogP contribution is -2.36. The van der Waals surface area contributed by atoms with Gasteiger partial charge in [0.05, 0.1) is 24.2 Å². The lowest BCUT2D eigenvalue weighted by Gasteiger charge is -2.30. The van der Waals surface area contributed by atoms with E-state index in [0.29, 0.717) is 21.7 Å². The Labute approximate surface area is 204 Å². The highest BCUT2D eigenvalue weighted by Gasteiger charge is 2.32. The molecule has 0 heterocycles.